The third-order valence-corrected chi connectivity index (χ3v) is 1.49. The lowest BCUT2D eigenvalue weighted by atomic mass is 10.3. The van der Waals surface area contributed by atoms with Crippen LogP contribution in [0.25, 0.3) is 0 Å². The molecule has 0 N–H and O–H groups in total. The van der Waals surface area contributed by atoms with Crippen LogP contribution in [0.2, 0.25) is 0 Å². The number of hydrogen-bond donors (Lipinski definition) is 0. The van der Waals surface area contributed by atoms with Gasteiger partial charge in [-0.25, -0.2) is 0 Å². The minimum Gasteiger partial charge on any atom is -0.465 e. The first-order valence-corrected chi connectivity index (χ1v) is 4.40. The molecule has 0 aliphatic heterocycles. The van der Waals surface area contributed by atoms with Crippen LogP contribution in [0.1, 0.15) is 20.8 Å². The van der Waals surface area contributed by atoms with Crippen LogP contribution in [0, 0.1) is 0 Å². The Kier molecular flexibility index (Phi) is 5.52. The number of hydrazone groups is 1. The first kappa shape index (κ1) is 12.6. The molecule has 0 radical (unpaired) electrons. The minimum absolute atomic E-state index is 0.0540. The van der Waals surface area contributed by atoms with Gasteiger partial charge in [0.2, 0.25) is 0 Å². The van der Waals surface area contributed by atoms with Crippen LogP contribution < -0.4 is 0 Å². The molecule has 0 bridgehead atoms. The Labute approximate surface area is 83.7 Å². The molecule has 80 valence electrons. The van der Waals surface area contributed by atoms with E-state index >= 15 is 0 Å². The van der Waals surface area contributed by atoms with E-state index < -0.39 is 0 Å². The minimum atomic E-state index is -0.352. The molecule has 0 heterocycles. The Morgan fingerprint density at radius 2 is 1.93 bits per heavy atom. The number of esters is 1. The predicted molar refractivity (Wildman–Crippen MR) is 53.1 cm³/mol. The Bertz CT molecular complexity index is 248. The van der Waals surface area contributed by atoms with E-state index in [1.165, 1.54) is 11.9 Å². The molecule has 0 aromatic carbocycles. The highest BCUT2D eigenvalue weighted by Crippen LogP contribution is 1.89. The lowest BCUT2D eigenvalue weighted by Crippen LogP contribution is -2.25. The van der Waals surface area contributed by atoms with E-state index in [0.717, 1.165) is 0 Å². The molecule has 0 aromatic rings. The van der Waals surface area contributed by atoms with Crippen molar-refractivity contribution in [3.05, 3.63) is 0 Å². The summed E-state index contributed by atoms with van der Waals surface area (Å²) >= 11 is 0. The highest BCUT2D eigenvalue weighted by atomic mass is 16.5. The zero-order chi connectivity index (χ0) is 11.1. The lowest BCUT2D eigenvalue weighted by molar-refractivity contribution is -0.144. The molecular formula is C9H16N2O3. The monoisotopic (exact) mass is 200 g/mol. The molecule has 0 rings (SSSR count). The average molecular weight is 200 g/mol. The van der Waals surface area contributed by atoms with Gasteiger partial charge in [-0.05, 0) is 13.8 Å². The van der Waals surface area contributed by atoms with E-state index in [9.17, 15) is 9.59 Å². The molecule has 0 unspecified atom stereocenters. The van der Waals surface area contributed by atoms with Gasteiger partial charge in [0.05, 0.1) is 12.3 Å². The Morgan fingerprint density at radius 3 is 2.36 bits per heavy atom. The Hall–Kier alpha value is -1.39. The number of likely N-dealkylation sites (N-methyl/N-ethyl adjacent to an activating group) is 1. The predicted octanol–water partition coefficient (Wildman–Crippen LogP) is 0.446. The largest absolute Gasteiger partial charge is 0.465 e. The van der Waals surface area contributed by atoms with Gasteiger partial charge in [0.15, 0.2) is 5.78 Å². The average Bonchev–Trinajstić information content (AvgIpc) is 2.03. The van der Waals surface area contributed by atoms with Crippen LogP contribution in [-0.4, -0.2) is 42.7 Å². The summed E-state index contributed by atoms with van der Waals surface area (Å²) in [6, 6.07) is 0. The third-order valence-electron chi connectivity index (χ3n) is 1.49. The van der Waals surface area contributed by atoms with Crippen molar-refractivity contribution in [2.45, 2.75) is 20.8 Å². The molecule has 14 heavy (non-hydrogen) atoms. The van der Waals surface area contributed by atoms with Gasteiger partial charge in [-0.1, -0.05) is 0 Å². The number of Topliss-reactive ketones (excluding diaryl/α,β-unsaturated/α-hetero) is 1. The fourth-order valence-electron chi connectivity index (χ4n) is 0.755. The van der Waals surface area contributed by atoms with E-state index in [1.54, 1.807) is 20.9 Å². The van der Waals surface area contributed by atoms with Crippen molar-refractivity contribution in [3.63, 3.8) is 0 Å². The number of ketones is 1. The molecule has 0 aromatic heterocycles. The standard InChI is InChI=1S/C9H16N2O3/c1-5-14-9(13)6-11(4)10-7(2)8(3)12/h5-6H2,1-4H3/b10-7+. The zero-order valence-electron chi connectivity index (χ0n) is 9.03. The smallest absolute Gasteiger partial charge is 0.327 e. The molecule has 0 aliphatic carbocycles. The molecule has 5 heteroatoms. The SMILES string of the molecule is CCOC(=O)CN(C)/N=C(\C)C(C)=O. The van der Waals surface area contributed by atoms with E-state index in [-0.39, 0.29) is 18.3 Å². The number of nitrogens with zero attached hydrogens (tertiary/aromatic N) is 2. The van der Waals surface area contributed by atoms with Crippen molar-refractivity contribution in [2.24, 2.45) is 5.10 Å². The van der Waals surface area contributed by atoms with Crippen molar-refractivity contribution in [1.29, 1.82) is 0 Å². The molecule has 0 saturated carbocycles. The maximum absolute atomic E-state index is 11.0. The van der Waals surface area contributed by atoms with E-state index in [4.69, 9.17) is 4.74 Å². The first-order valence-electron chi connectivity index (χ1n) is 4.40. The molecule has 0 atom stereocenters. The summed E-state index contributed by atoms with van der Waals surface area (Å²) in [7, 11) is 1.61. The zero-order valence-corrected chi connectivity index (χ0v) is 9.03. The van der Waals surface area contributed by atoms with Crippen LogP contribution >= 0.6 is 0 Å². The topological polar surface area (TPSA) is 59.0 Å². The molecule has 0 fully saturated rings. The van der Waals surface area contributed by atoms with E-state index in [2.05, 4.69) is 5.10 Å². The molecule has 0 aliphatic rings. The number of rotatable bonds is 5. The summed E-state index contributed by atoms with van der Waals surface area (Å²) < 4.78 is 4.72. The van der Waals surface area contributed by atoms with Crippen LogP contribution in [0.5, 0.6) is 0 Å². The number of ether oxygens (including phenoxy) is 1. The van der Waals surface area contributed by atoms with Crippen LogP contribution in [-0.2, 0) is 14.3 Å². The highest BCUT2D eigenvalue weighted by Gasteiger charge is 2.06. The maximum atomic E-state index is 11.0. The van der Waals surface area contributed by atoms with Crippen molar-refractivity contribution < 1.29 is 14.3 Å². The molecule has 0 saturated heterocycles. The van der Waals surface area contributed by atoms with E-state index in [0.29, 0.717) is 12.3 Å². The summed E-state index contributed by atoms with van der Waals surface area (Å²) in [5, 5.41) is 5.28. The number of carbonyl (C=O) groups is 2. The van der Waals surface area contributed by atoms with Crippen molar-refractivity contribution in [3.8, 4) is 0 Å². The summed E-state index contributed by atoms with van der Waals surface area (Å²) in [5.41, 5.74) is 0.372. The molecule has 0 amide bonds. The fraction of sp³-hybridized carbons (Fsp3) is 0.667. The number of carbonyl (C=O) groups excluding carboxylic acids is 2. The van der Waals surface area contributed by atoms with E-state index in [1.807, 2.05) is 0 Å². The normalized spacial score (nSPS) is 11.0. The molecule has 0 spiro atoms. The Morgan fingerprint density at radius 1 is 1.36 bits per heavy atom. The fourth-order valence-corrected chi connectivity index (χ4v) is 0.755. The maximum Gasteiger partial charge on any atom is 0.327 e. The van der Waals surface area contributed by atoms with Gasteiger partial charge in [-0.15, -0.1) is 0 Å². The van der Waals surface area contributed by atoms with Crippen LogP contribution in [0.4, 0.5) is 0 Å². The van der Waals surface area contributed by atoms with Gasteiger partial charge < -0.3 is 4.74 Å². The summed E-state index contributed by atoms with van der Waals surface area (Å²) in [6.45, 7) is 5.17. The second-order valence-electron chi connectivity index (χ2n) is 2.86. The first-order chi connectivity index (χ1) is 6.47. The second-order valence-corrected chi connectivity index (χ2v) is 2.86. The third kappa shape index (κ3) is 5.29. The molecular weight excluding hydrogens is 184 g/mol. The molecule has 5 nitrogen and oxygen atoms in total. The van der Waals surface area contributed by atoms with Gasteiger partial charge in [-0.2, -0.15) is 5.10 Å². The summed E-state index contributed by atoms with van der Waals surface area (Å²) in [4.78, 5) is 21.8. The summed E-state index contributed by atoms with van der Waals surface area (Å²) in [5.74, 6) is -0.462. The van der Waals surface area contributed by atoms with Gasteiger partial charge >= 0.3 is 5.97 Å². The highest BCUT2D eigenvalue weighted by molar-refractivity contribution is 6.37. The van der Waals surface area contributed by atoms with Gasteiger partial charge in [0.1, 0.15) is 6.54 Å². The number of hydrogen-bond acceptors (Lipinski definition) is 5. The van der Waals surface area contributed by atoms with Gasteiger partial charge in [-0.3, -0.25) is 14.6 Å². The van der Waals surface area contributed by atoms with Crippen molar-refractivity contribution in [1.82, 2.24) is 5.01 Å². The van der Waals surface area contributed by atoms with Crippen molar-refractivity contribution in [2.75, 3.05) is 20.2 Å². The van der Waals surface area contributed by atoms with Gasteiger partial charge in [0, 0.05) is 14.0 Å². The lowest BCUT2D eigenvalue weighted by Gasteiger charge is -2.12. The van der Waals surface area contributed by atoms with Crippen LogP contribution in [0.15, 0.2) is 5.10 Å². The van der Waals surface area contributed by atoms with Crippen LogP contribution in [0.3, 0.4) is 0 Å². The summed E-state index contributed by atoms with van der Waals surface area (Å²) in [6.07, 6.45) is 0. The quantitative estimate of drug-likeness (QED) is 0.367. The second kappa shape index (κ2) is 6.12. The van der Waals surface area contributed by atoms with Crippen molar-refractivity contribution >= 4 is 17.5 Å². The van der Waals surface area contributed by atoms with Gasteiger partial charge in [0.25, 0.3) is 0 Å². The Balaban J connectivity index is 4.09.